The summed E-state index contributed by atoms with van der Waals surface area (Å²) in [7, 11) is 3.96. The summed E-state index contributed by atoms with van der Waals surface area (Å²) in [5, 5.41) is 11.4. The van der Waals surface area contributed by atoms with Crippen molar-refractivity contribution in [3.63, 3.8) is 0 Å². The minimum atomic E-state index is -0.983. The van der Waals surface area contributed by atoms with E-state index in [1.54, 1.807) is 4.90 Å². The summed E-state index contributed by atoms with van der Waals surface area (Å²) in [5.41, 5.74) is 3.03. The molecule has 4 rings (SSSR count). The molecule has 0 unspecified atom stereocenters. The van der Waals surface area contributed by atoms with Gasteiger partial charge in [0.05, 0.1) is 32.7 Å². The first-order valence-electron chi connectivity index (χ1n) is 12.8. The third kappa shape index (κ3) is 6.54. The Balaban J connectivity index is 1.34. The minimum absolute atomic E-state index is 0.0380. The number of benzene rings is 2. The van der Waals surface area contributed by atoms with E-state index < -0.39 is 5.97 Å². The molecule has 1 amide bonds. The van der Waals surface area contributed by atoms with Gasteiger partial charge in [0.25, 0.3) is 5.91 Å². The fourth-order valence-electron chi connectivity index (χ4n) is 5.52. The van der Waals surface area contributed by atoms with Gasteiger partial charge in [-0.3, -0.25) is 4.79 Å². The number of carbonyl (C=O) groups excluding carboxylic acids is 2. The summed E-state index contributed by atoms with van der Waals surface area (Å²) in [6.45, 7) is 6.44. The van der Waals surface area contributed by atoms with Gasteiger partial charge in [0.1, 0.15) is 0 Å². The van der Waals surface area contributed by atoms with E-state index in [9.17, 15) is 14.7 Å². The van der Waals surface area contributed by atoms with E-state index in [4.69, 9.17) is 0 Å². The Hall–Kier alpha value is -3.06. The number of hydrogen-bond acceptors (Lipinski definition) is 5. The normalized spacial score (nSPS) is 21.1. The molecule has 0 radical (unpaired) electrons. The molecule has 35 heavy (non-hydrogen) atoms. The highest BCUT2D eigenvalue weighted by atomic mass is 16.4. The maximum absolute atomic E-state index is 13.2. The number of quaternary nitrogens is 1. The quantitative estimate of drug-likeness (QED) is 0.607. The van der Waals surface area contributed by atoms with Crippen molar-refractivity contribution in [2.24, 2.45) is 11.8 Å². The van der Waals surface area contributed by atoms with Crippen LogP contribution in [0, 0.1) is 11.8 Å². The zero-order valence-corrected chi connectivity index (χ0v) is 21.0. The molecule has 7 heteroatoms. The SMILES string of the molecule is CN(C)c1ccc(C(=O)N2CC[C@@H](CC(=O)[O-])[C@@H](CC[NH+]3CCN(c4ccccc4)CC3)C2)cc1. The third-order valence-electron chi connectivity index (χ3n) is 7.70. The van der Waals surface area contributed by atoms with Gasteiger partial charge in [-0.25, -0.2) is 0 Å². The summed E-state index contributed by atoms with van der Waals surface area (Å²) >= 11 is 0. The zero-order chi connectivity index (χ0) is 24.8. The number of carboxylic acid groups (broad SMARTS) is 1. The van der Waals surface area contributed by atoms with Gasteiger partial charge < -0.3 is 29.5 Å². The van der Waals surface area contributed by atoms with Crippen molar-refractivity contribution in [2.45, 2.75) is 19.3 Å². The predicted octanol–water partition coefficient (Wildman–Crippen LogP) is 0.766. The number of piperazine rings is 1. The number of amides is 1. The summed E-state index contributed by atoms with van der Waals surface area (Å²) in [6.07, 6.45) is 1.74. The number of piperidine rings is 1. The average molecular weight is 479 g/mol. The monoisotopic (exact) mass is 478 g/mol. The van der Waals surface area contributed by atoms with Gasteiger partial charge in [-0.2, -0.15) is 0 Å². The third-order valence-corrected chi connectivity index (χ3v) is 7.70. The first kappa shape index (κ1) is 25.0. The molecule has 0 aliphatic carbocycles. The fourth-order valence-corrected chi connectivity index (χ4v) is 5.52. The standard InChI is InChI=1S/C28H38N4O3/c1-29(2)25-10-8-22(9-11-25)28(35)32-15-13-23(20-27(33)34)24(21-32)12-14-30-16-18-31(19-17-30)26-6-4-3-5-7-26/h3-11,23-24H,12-21H2,1-2H3,(H,33,34)/t23-,24-/m0/s1. The molecule has 188 valence electrons. The summed E-state index contributed by atoms with van der Waals surface area (Å²) in [4.78, 5) is 32.5. The smallest absolute Gasteiger partial charge is 0.253 e. The highest BCUT2D eigenvalue weighted by Crippen LogP contribution is 2.29. The van der Waals surface area contributed by atoms with Crippen LogP contribution < -0.4 is 19.8 Å². The molecule has 2 aliphatic rings. The Morgan fingerprint density at radius 3 is 2.29 bits per heavy atom. The molecular weight excluding hydrogens is 440 g/mol. The van der Waals surface area contributed by atoms with Gasteiger partial charge in [-0.15, -0.1) is 0 Å². The number of carbonyl (C=O) groups is 2. The van der Waals surface area contributed by atoms with Crippen LogP contribution >= 0.6 is 0 Å². The van der Waals surface area contributed by atoms with Crippen LogP contribution in [-0.2, 0) is 4.79 Å². The second kappa shape index (κ2) is 11.6. The van der Waals surface area contributed by atoms with Crippen molar-refractivity contribution < 1.29 is 19.6 Å². The Kier molecular flexibility index (Phi) is 8.29. The molecule has 2 fully saturated rings. The Morgan fingerprint density at radius 2 is 1.66 bits per heavy atom. The van der Waals surface area contributed by atoms with E-state index in [-0.39, 0.29) is 24.2 Å². The molecule has 0 spiro atoms. The summed E-state index contributed by atoms with van der Waals surface area (Å²) in [5.74, 6) is -0.685. The molecule has 7 nitrogen and oxygen atoms in total. The Morgan fingerprint density at radius 1 is 0.971 bits per heavy atom. The average Bonchev–Trinajstić information content (AvgIpc) is 2.88. The number of carboxylic acids is 1. The number of nitrogens with zero attached hydrogens (tertiary/aromatic N) is 3. The number of anilines is 2. The number of hydrogen-bond donors (Lipinski definition) is 1. The minimum Gasteiger partial charge on any atom is -0.550 e. The molecule has 2 atom stereocenters. The number of likely N-dealkylation sites (tertiary alicyclic amines) is 1. The molecule has 2 aliphatic heterocycles. The van der Waals surface area contributed by atoms with E-state index in [1.807, 2.05) is 54.2 Å². The molecule has 0 saturated carbocycles. The lowest BCUT2D eigenvalue weighted by Crippen LogP contribution is -3.15. The maximum Gasteiger partial charge on any atom is 0.253 e. The lowest BCUT2D eigenvalue weighted by atomic mass is 9.81. The van der Waals surface area contributed by atoms with Crippen LogP contribution in [0.1, 0.15) is 29.6 Å². The molecular formula is C28H38N4O3. The van der Waals surface area contributed by atoms with Crippen molar-refractivity contribution in [3.8, 4) is 0 Å². The molecule has 2 saturated heterocycles. The van der Waals surface area contributed by atoms with Crippen LogP contribution in [0.4, 0.5) is 11.4 Å². The van der Waals surface area contributed by atoms with Crippen LogP contribution in [0.25, 0.3) is 0 Å². The van der Waals surface area contributed by atoms with Gasteiger partial charge in [0, 0.05) is 56.5 Å². The van der Waals surface area contributed by atoms with Crippen LogP contribution in [0.2, 0.25) is 0 Å². The molecule has 0 aromatic heterocycles. The lowest BCUT2D eigenvalue weighted by Gasteiger charge is -2.40. The topological polar surface area (TPSA) is 71.4 Å². The predicted molar refractivity (Wildman–Crippen MR) is 137 cm³/mol. The van der Waals surface area contributed by atoms with Crippen molar-refractivity contribution in [3.05, 3.63) is 60.2 Å². The number of nitrogens with one attached hydrogen (secondary N) is 1. The first-order chi connectivity index (χ1) is 16.9. The highest BCUT2D eigenvalue weighted by Gasteiger charge is 2.33. The summed E-state index contributed by atoms with van der Waals surface area (Å²) in [6, 6.07) is 18.2. The number of para-hydroxylation sites is 1. The van der Waals surface area contributed by atoms with Crippen LogP contribution in [0.5, 0.6) is 0 Å². The van der Waals surface area contributed by atoms with Gasteiger partial charge in [0.15, 0.2) is 0 Å². The Bertz CT molecular complexity index is 971. The lowest BCUT2D eigenvalue weighted by molar-refractivity contribution is -0.901. The van der Waals surface area contributed by atoms with E-state index >= 15 is 0 Å². The Labute approximate surface area is 208 Å². The van der Waals surface area contributed by atoms with E-state index in [0.717, 1.165) is 51.3 Å². The van der Waals surface area contributed by atoms with Crippen molar-refractivity contribution in [2.75, 3.05) is 69.7 Å². The maximum atomic E-state index is 13.2. The van der Waals surface area contributed by atoms with E-state index in [1.165, 1.54) is 5.69 Å². The highest BCUT2D eigenvalue weighted by molar-refractivity contribution is 5.94. The van der Waals surface area contributed by atoms with Crippen LogP contribution in [-0.4, -0.2) is 76.7 Å². The molecule has 0 bridgehead atoms. The first-order valence-corrected chi connectivity index (χ1v) is 12.8. The van der Waals surface area contributed by atoms with Gasteiger partial charge in [-0.05, 0) is 61.1 Å². The van der Waals surface area contributed by atoms with Crippen LogP contribution in [0.3, 0.4) is 0 Å². The fraction of sp³-hybridized carbons (Fsp3) is 0.500. The van der Waals surface area contributed by atoms with Gasteiger partial charge >= 0.3 is 0 Å². The van der Waals surface area contributed by atoms with Crippen molar-refractivity contribution in [1.82, 2.24) is 4.90 Å². The van der Waals surface area contributed by atoms with E-state index in [0.29, 0.717) is 18.7 Å². The van der Waals surface area contributed by atoms with E-state index in [2.05, 4.69) is 29.2 Å². The molecule has 2 aromatic rings. The van der Waals surface area contributed by atoms with Crippen LogP contribution in [0.15, 0.2) is 54.6 Å². The molecule has 2 aromatic carbocycles. The molecule has 2 heterocycles. The van der Waals surface area contributed by atoms with Gasteiger partial charge in [-0.1, -0.05) is 18.2 Å². The largest absolute Gasteiger partial charge is 0.550 e. The second-order valence-electron chi connectivity index (χ2n) is 10.2. The van der Waals surface area contributed by atoms with Crippen molar-refractivity contribution in [1.29, 1.82) is 0 Å². The second-order valence-corrected chi connectivity index (χ2v) is 10.2. The van der Waals surface area contributed by atoms with Gasteiger partial charge in [0.2, 0.25) is 0 Å². The number of aliphatic carboxylic acids is 1. The summed E-state index contributed by atoms with van der Waals surface area (Å²) < 4.78 is 0. The van der Waals surface area contributed by atoms with Crippen molar-refractivity contribution >= 4 is 23.3 Å². The zero-order valence-electron chi connectivity index (χ0n) is 21.0. The number of rotatable bonds is 8. The molecule has 1 N–H and O–H groups in total.